The van der Waals surface area contributed by atoms with Gasteiger partial charge >= 0.3 is 6.03 Å². The van der Waals surface area contributed by atoms with Crippen LogP contribution in [0.25, 0.3) is 0 Å². The third-order valence-corrected chi connectivity index (χ3v) is 4.41. The summed E-state index contributed by atoms with van der Waals surface area (Å²) in [5, 5.41) is 3.83. The van der Waals surface area contributed by atoms with Gasteiger partial charge in [-0.25, -0.2) is 14.8 Å². The van der Waals surface area contributed by atoms with Gasteiger partial charge in [-0.2, -0.15) is 0 Å². The quantitative estimate of drug-likeness (QED) is 0.904. The third-order valence-electron chi connectivity index (χ3n) is 4.17. The maximum atomic E-state index is 12.4. The second-order valence-corrected chi connectivity index (χ2v) is 6.61. The van der Waals surface area contributed by atoms with Crippen molar-refractivity contribution in [3.8, 4) is 0 Å². The maximum Gasteiger partial charge on any atom is 0.320 e. The molecule has 1 aliphatic rings. The van der Waals surface area contributed by atoms with Crippen LogP contribution < -0.4 is 5.32 Å². The fourth-order valence-electron chi connectivity index (χ4n) is 2.91. The Morgan fingerprint density at radius 3 is 3.04 bits per heavy atom. The molecule has 2 aromatic rings. The van der Waals surface area contributed by atoms with E-state index in [-0.39, 0.29) is 6.03 Å². The van der Waals surface area contributed by atoms with Gasteiger partial charge in [-0.15, -0.1) is 0 Å². The van der Waals surface area contributed by atoms with Crippen molar-refractivity contribution >= 4 is 29.3 Å². The van der Waals surface area contributed by atoms with Gasteiger partial charge in [0.15, 0.2) is 0 Å². The SMILES string of the molecule is CCCN(C)C(=O)N1CCc2nc(Nc3cccc(Cl)c3)ncc2C1. The number of amides is 2. The highest BCUT2D eigenvalue weighted by Gasteiger charge is 2.24. The lowest BCUT2D eigenvalue weighted by Crippen LogP contribution is -2.44. The first-order valence-corrected chi connectivity index (χ1v) is 8.82. The highest BCUT2D eigenvalue weighted by molar-refractivity contribution is 6.30. The van der Waals surface area contributed by atoms with Crippen molar-refractivity contribution in [1.82, 2.24) is 19.8 Å². The average Bonchev–Trinajstić information content (AvgIpc) is 2.61. The summed E-state index contributed by atoms with van der Waals surface area (Å²) < 4.78 is 0. The molecule has 25 heavy (non-hydrogen) atoms. The first kappa shape index (κ1) is 17.5. The molecule has 1 aliphatic heterocycles. The Hall–Kier alpha value is -2.34. The molecule has 1 aromatic heterocycles. The molecular formula is C18H22ClN5O. The molecule has 2 amide bonds. The molecule has 1 N–H and O–H groups in total. The molecule has 7 heteroatoms. The van der Waals surface area contributed by atoms with E-state index in [1.807, 2.05) is 36.2 Å². The largest absolute Gasteiger partial charge is 0.328 e. The summed E-state index contributed by atoms with van der Waals surface area (Å²) in [5.41, 5.74) is 2.84. The minimum absolute atomic E-state index is 0.0635. The number of halogens is 1. The van der Waals surface area contributed by atoms with Crippen LogP contribution in [0.2, 0.25) is 5.02 Å². The molecule has 2 heterocycles. The van der Waals surface area contributed by atoms with Crippen LogP contribution in [0.3, 0.4) is 0 Å². The number of nitrogens with one attached hydrogen (secondary N) is 1. The van der Waals surface area contributed by atoms with Gasteiger partial charge < -0.3 is 15.1 Å². The van der Waals surface area contributed by atoms with E-state index in [9.17, 15) is 4.79 Å². The van der Waals surface area contributed by atoms with Crippen LogP contribution in [0.5, 0.6) is 0 Å². The minimum atomic E-state index is 0.0635. The number of urea groups is 1. The molecule has 0 aliphatic carbocycles. The molecule has 0 saturated carbocycles. The molecule has 0 radical (unpaired) electrons. The second-order valence-electron chi connectivity index (χ2n) is 6.18. The van der Waals surface area contributed by atoms with Crippen LogP contribution in [-0.4, -0.2) is 45.9 Å². The van der Waals surface area contributed by atoms with E-state index >= 15 is 0 Å². The zero-order valence-corrected chi connectivity index (χ0v) is 15.3. The van der Waals surface area contributed by atoms with Crippen molar-refractivity contribution < 1.29 is 4.79 Å². The summed E-state index contributed by atoms with van der Waals surface area (Å²) >= 11 is 6.00. The van der Waals surface area contributed by atoms with E-state index in [1.54, 1.807) is 11.1 Å². The Morgan fingerprint density at radius 2 is 2.28 bits per heavy atom. The van der Waals surface area contributed by atoms with Crippen molar-refractivity contribution in [1.29, 1.82) is 0 Å². The van der Waals surface area contributed by atoms with Gasteiger partial charge in [0.25, 0.3) is 0 Å². The van der Waals surface area contributed by atoms with Gasteiger partial charge in [-0.1, -0.05) is 24.6 Å². The average molecular weight is 360 g/mol. The van der Waals surface area contributed by atoms with Crippen LogP contribution in [0, 0.1) is 0 Å². The fourth-order valence-corrected chi connectivity index (χ4v) is 3.10. The summed E-state index contributed by atoms with van der Waals surface area (Å²) in [6.07, 6.45) is 3.48. The van der Waals surface area contributed by atoms with Crippen LogP contribution in [0.4, 0.5) is 16.4 Å². The maximum absolute atomic E-state index is 12.4. The predicted octanol–water partition coefficient (Wildman–Crippen LogP) is 3.69. The van der Waals surface area contributed by atoms with E-state index in [4.69, 9.17) is 11.6 Å². The first-order chi connectivity index (χ1) is 12.1. The lowest BCUT2D eigenvalue weighted by molar-refractivity contribution is 0.157. The van der Waals surface area contributed by atoms with Crippen molar-refractivity contribution in [3.05, 3.63) is 46.7 Å². The Kier molecular flexibility index (Phi) is 5.38. The topological polar surface area (TPSA) is 61.4 Å². The third kappa shape index (κ3) is 4.20. The summed E-state index contributed by atoms with van der Waals surface area (Å²) in [6, 6.07) is 7.50. The van der Waals surface area contributed by atoms with Crippen LogP contribution in [0.1, 0.15) is 24.6 Å². The Labute approximate surface area is 152 Å². The fraction of sp³-hybridized carbons (Fsp3) is 0.389. The summed E-state index contributed by atoms with van der Waals surface area (Å²) in [5.74, 6) is 0.545. The van der Waals surface area contributed by atoms with Gasteiger partial charge in [0, 0.05) is 49.0 Å². The lowest BCUT2D eigenvalue weighted by Gasteiger charge is -2.31. The predicted molar refractivity (Wildman–Crippen MR) is 99.2 cm³/mol. The number of hydrogen-bond donors (Lipinski definition) is 1. The van der Waals surface area contributed by atoms with E-state index < -0.39 is 0 Å². The Balaban J connectivity index is 1.70. The van der Waals surface area contributed by atoms with E-state index in [0.717, 1.165) is 36.3 Å². The number of rotatable bonds is 4. The zero-order valence-electron chi connectivity index (χ0n) is 14.5. The molecule has 0 atom stereocenters. The molecule has 3 rings (SSSR count). The highest BCUT2D eigenvalue weighted by atomic mass is 35.5. The van der Waals surface area contributed by atoms with Gasteiger partial charge in [-0.3, -0.25) is 0 Å². The van der Waals surface area contributed by atoms with Gasteiger partial charge in [0.05, 0.1) is 12.2 Å². The molecule has 0 fully saturated rings. The molecule has 0 saturated heterocycles. The number of carbonyl (C=O) groups is 1. The van der Waals surface area contributed by atoms with Gasteiger partial charge in [0.1, 0.15) is 0 Å². The normalized spacial score (nSPS) is 13.3. The number of hydrogen-bond acceptors (Lipinski definition) is 4. The summed E-state index contributed by atoms with van der Waals surface area (Å²) in [4.78, 5) is 25.0. The summed E-state index contributed by atoms with van der Waals surface area (Å²) in [7, 11) is 1.84. The Bertz CT molecular complexity index is 767. The van der Waals surface area contributed by atoms with Gasteiger partial charge in [0.2, 0.25) is 5.95 Å². The number of benzene rings is 1. The van der Waals surface area contributed by atoms with Crippen molar-refractivity contribution in [2.24, 2.45) is 0 Å². The monoisotopic (exact) mass is 359 g/mol. The number of aromatic nitrogens is 2. The van der Waals surface area contributed by atoms with E-state index in [0.29, 0.717) is 24.1 Å². The van der Waals surface area contributed by atoms with Crippen LogP contribution in [0.15, 0.2) is 30.5 Å². The van der Waals surface area contributed by atoms with Crippen molar-refractivity contribution in [2.45, 2.75) is 26.3 Å². The second kappa shape index (κ2) is 7.70. The van der Waals surface area contributed by atoms with Crippen LogP contribution in [-0.2, 0) is 13.0 Å². The molecule has 0 bridgehead atoms. The number of fused-ring (bicyclic) bond motifs is 1. The smallest absolute Gasteiger partial charge is 0.320 e. The van der Waals surface area contributed by atoms with Crippen LogP contribution >= 0.6 is 11.6 Å². The van der Waals surface area contributed by atoms with Gasteiger partial charge in [-0.05, 0) is 24.6 Å². The molecule has 0 spiro atoms. The number of carbonyl (C=O) groups excluding carboxylic acids is 1. The van der Waals surface area contributed by atoms with Crippen molar-refractivity contribution in [3.63, 3.8) is 0 Å². The lowest BCUT2D eigenvalue weighted by atomic mass is 10.1. The summed E-state index contributed by atoms with van der Waals surface area (Å²) in [6.45, 7) is 4.06. The molecule has 1 aromatic carbocycles. The molecule has 0 unspecified atom stereocenters. The Morgan fingerprint density at radius 1 is 1.44 bits per heavy atom. The minimum Gasteiger partial charge on any atom is -0.328 e. The first-order valence-electron chi connectivity index (χ1n) is 8.44. The molecule has 6 nitrogen and oxygen atoms in total. The number of nitrogens with zero attached hydrogens (tertiary/aromatic N) is 4. The van der Waals surface area contributed by atoms with Crippen molar-refractivity contribution in [2.75, 3.05) is 25.5 Å². The zero-order chi connectivity index (χ0) is 17.8. The number of anilines is 2. The van der Waals surface area contributed by atoms with E-state index in [2.05, 4.69) is 22.2 Å². The van der Waals surface area contributed by atoms with E-state index in [1.165, 1.54) is 0 Å². The molecular weight excluding hydrogens is 338 g/mol. The molecule has 132 valence electrons. The highest BCUT2D eigenvalue weighted by Crippen LogP contribution is 2.21. The standard InChI is InChI=1S/C18H22ClN5O/c1-3-8-23(2)18(25)24-9-7-16-13(12-24)11-20-17(22-16)21-15-6-4-5-14(19)10-15/h4-6,10-11H,3,7-9,12H2,1-2H3,(H,20,21,22).